The number of likely N-dealkylation sites (tertiary alicyclic amines) is 1. The lowest BCUT2D eigenvalue weighted by atomic mass is 9.97. The molecule has 0 spiro atoms. The molecule has 4 nitrogen and oxygen atoms in total. The monoisotopic (exact) mass is 229 g/mol. The average Bonchev–Trinajstić information content (AvgIpc) is 2.26. The normalized spacial score (nSPS) is 24.1. The predicted octanol–water partition coefficient (Wildman–Crippen LogP) is 1.17. The molecule has 0 amide bonds. The summed E-state index contributed by atoms with van der Waals surface area (Å²) in [6.45, 7) is 3.62. The smallest absolute Gasteiger partial charge is 0.306 e. The molecule has 2 unspecified atom stereocenters. The second-order valence-corrected chi connectivity index (χ2v) is 4.60. The minimum atomic E-state index is -0.260. The topological polar surface area (TPSA) is 49.8 Å². The van der Waals surface area contributed by atoms with E-state index in [1.54, 1.807) is 0 Å². The molecule has 1 N–H and O–H groups in total. The van der Waals surface area contributed by atoms with Crippen molar-refractivity contribution in [2.24, 2.45) is 0 Å². The Balaban J connectivity index is 2.37. The molecule has 1 fully saturated rings. The molecule has 1 aliphatic rings. The first-order chi connectivity index (χ1) is 7.63. The van der Waals surface area contributed by atoms with Crippen LogP contribution in [0, 0.1) is 0 Å². The number of hydrogen-bond donors (Lipinski definition) is 1. The molecule has 0 aliphatic carbocycles. The van der Waals surface area contributed by atoms with Crippen molar-refractivity contribution in [2.75, 3.05) is 20.2 Å². The highest BCUT2D eigenvalue weighted by Crippen LogP contribution is 2.21. The van der Waals surface area contributed by atoms with E-state index >= 15 is 0 Å². The number of nitrogens with zero attached hydrogens (tertiary/aromatic N) is 1. The highest BCUT2D eigenvalue weighted by molar-refractivity contribution is 5.69. The molecule has 2 atom stereocenters. The van der Waals surface area contributed by atoms with Gasteiger partial charge >= 0.3 is 5.97 Å². The molecule has 1 saturated heterocycles. The Morgan fingerprint density at radius 2 is 2.31 bits per heavy atom. The summed E-state index contributed by atoms with van der Waals surface area (Å²) in [5.41, 5.74) is 0. The summed E-state index contributed by atoms with van der Waals surface area (Å²) in [5.74, 6) is -0.152. The fraction of sp³-hybridized carbons (Fsp3) is 0.917. The van der Waals surface area contributed by atoms with Gasteiger partial charge in [0.2, 0.25) is 0 Å². The van der Waals surface area contributed by atoms with E-state index < -0.39 is 0 Å². The van der Waals surface area contributed by atoms with Gasteiger partial charge in [-0.1, -0.05) is 6.42 Å². The third-order valence-corrected chi connectivity index (χ3v) is 3.19. The van der Waals surface area contributed by atoms with E-state index in [4.69, 9.17) is 0 Å². The lowest BCUT2D eigenvalue weighted by Gasteiger charge is -2.36. The maximum Gasteiger partial charge on any atom is 0.306 e. The molecular weight excluding hydrogens is 206 g/mol. The number of methoxy groups -OCH3 is 1. The van der Waals surface area contributed by atoms with Crippen LogP contribution in [0.5, 0.6) is 0 Å². The quantitative estimate of drug-likeness (QED) is 0.719. The average molecular weight is 229 g/mol. The number of aliphatic hydroxyl groups is 1. The number of aliphatic hydroxyl groups excluding tert-OH is 1. The van der Waals surface area contributed by atoms with E-state index in [1.165, 1.54) is 20.0 Å². The number of hydrogen-bond acceptors (Lipinski definition) is 4. The van der Waals surface area contributed by atoms with Crippen LogP contribution in [0.3, 0.4) is 0 Å². The summed E-state index contributed by atoms with van der Waals surface area (Å²) in [7, 11) is 1.42. The highest BCUT2D eigenvalue weighted by atomic mass is 16.5. The van der Waals surface area contributed by atoms with Gasteiger partial charge in [-0.15, -0.1) is 0 Å². The first kappa shape index (κ1) is 13.5. The van der Waals surface area contributed by atoms with Gasteiger partial charge in [-0.25, -0.2) is 0 Å². The van der Waals surface area contributed by atoms with Crippen LogP contribution in [0.15, 0.2) is 0 Å². The van der Waals surface area contributed by atoms with Gasteiger partial charge in [-0.3, -0.25) is 9.69 Å². The first-order valence-electron chi connectivity index (χ1n) is 6.12. The number of piperidine rings is 1. The Kier molecular flexibility index (Phi) is 5.77. The lowest BCUT2D eigenvalue weighted by molar-refractivity contribution is -0.141. The summed E-state index contributed by atoms with van der Waals surface area (Å²) < 4.78 is 4.64. The molecule has 1 heterocycles. The summed E-state index contributed by atoms with van der Waals surface area (Å²) in [4.78, 5) is 13.4. The summed E-state index contributed by atoms with van der Waals surface area (Å²) >= 11 is 0. The molecule has 1 rings (SSSR count). The van der Waals surface area contributed by atoms with Crippen LogP contribution in [0.25, 0.3) is 0 Å². The van der Waals surface area contributed by atoms with Gasteiger partial charge in [0.05, 0.1) is 19.6 Å². The highest BCUT2D eigenvalue weighted by Gasteiger charge is 2.23. The lowest BCUT2D eigenvalue weighted by Crippen LogP contribution is -2.42. The van der Waals surface area contributed by atoms with Gasteiger partial charge in [0.25, 0.3) is 0 Å². The molecule has 4 heteroatoms. The minimum absolute atomic E-state index is 0.152. The standard InChI is InChI=1S/C12H23NO3/c1-10(14)9-11-5-3-4-7-13(11)8-6-12(15)16-2/h10-11,14H,3-9H2,1-2H3. The fourth-order valence-corrected chi connectivity index (χ4v) is 2.35. The molecule has 0 saturated carbocycles. The Morgan fingerprint density at radius 1 is 1.56 bits per heavy atom. The maximum atomic E-state index is 11.1. The molecule has 0 aromatic heterocycles. The van der Waals surface area contributed by atoms with E-state index in [-0.39, 0.29) is 12.1 Å². The number of esters is 1. The third kappa shape index (κ3) is 4.49. The van der Waals surface area contributed by atoms with Crippen LogP contribution in [0.1, 0.15) is 39.0 Å². The van der Waals surface area contributed by atoms with Crippen LogP contribution < -0.4 is 0 Å². The van der Waals surface area contributed by atoms with Crippen molar-refractivity contribution in [3.63, 3.8) is 0 Å². The van der Waals surface area contributed by atoms with Crippen molar-refractivity contribution in [1.29, 1.82) is 0 Å². The van der Waals surface area contributed by atoms with E-state index in [1.807, 2.05) is 6.92 Å². The van der Waals surface area contributed by atoms with Crippen LogP contribution in [0.2, 0.25) is 0 Å². The number of rotatable bonds is 5. The van der Waals surface area contributed by atoms with Crippen molar-refractivity contribution < 1.29 is 14.6 Å². The fourth-order valence-electron chi connectivity index (χ4n) is 2.35. The Morgan fingerprint density at radius 3 is 2.94 bits per heavy atom. The Labute approximate surface area is 97.6 Å². The molecule has 0 bridgehead atoms. The zero-order chi connectivity index (χ0) is 12.0. The molecule has 94 valence electrons. The van der Waals surface area contributed by atoms with Crippen LogP contribution in [-0.2, 0) is 9.53 Å². The summed E-state index contributed by atoms with van der Waals surface area (Å²) in [6.07, 6.45) is 4.55. The Hall–Kier alpha value is -0.610. The Bertz CT molecular complexity index is 218. The second kappa shape index (κ2) is 6.86. The molecule has 0 radical (unpaired) electrons. The minimum Gasteiger partial charge on any atom is -0.469 e. The molecule has 16 heavy (non-hydrogen) atoms. The second-order valence-electron chi connectivity index (χ2n) is 4.60. The molecular formula is C12H23NO3. The van der Waals surface area contributed by atoms with Gasteiger partial charge < -0.3 is 9.84 Å². The van der Waals surface area contributed by atoms with E-state index in [0.29, 0.717) is 12.5 Å². The van der Waals surface area contributed by atoms with Crippen molar-refractivity contribution in [1.82, 2.24) is 4.90 Å². The SMILES string of the molecule is COC(=O)CCN1CCCCC1CC(C)O. The van der Waals surface area contributed by atoms with Crippen molar-refractivity contribution in [2.45, 2.75) is 51.2 Å². The predicted molar refractivity (Wildman–Crippen MR) is 62.1 cm³/mol. The van der Waals surface area contributed by atoms with E-state index in [0.717, 1.165) is 25.9 Å². The van der Waals surface area contributed by atoms with Gasteiger partial charge in [0.15, 0.2) is 0 Å². The van der Waals surface area contributed by atoms with E-state index in [9.17, 15) is 9.90 Å². The zero-order valence-electron chi connectivity index (χ0n) is 10.3. The molecule has 0 aromatic rings. The van der Waals surface area contributed by atoms with Crippen LogP contribution >= 0.6 is 0 Å². The summed E-state index contributed by atoms with van der Waals surface area (Å²) in [6, 6.07) is 0.429. The zero-order valence-corrected chi connectivity index (χ0v) is 10.3. The largest absolute Gasteiger partial charge is 0.469 e. The van der Waals surface area contributed by atoms with Crippen LogP contribution in [-0.4, -0.2) is 48.3 Å². The molecule has 0 aromatic carbocycles. The van der Waals surface area contributed by atoms with Crippen molar-refractivity contribution in [3.8, 4) is 0 Å². The number of carbonyl (C=O) groups excluding carboxylic acids is 1. The van der Waals surface area contributed by atoms with Gasteiger partial charge in [-0.2, -0.15) is 0 Å². The third-order valence-electron chi connectivity index (χ3n) is 3.19. The van der Waals surface area contributed by atoms with Crippen LogP contribution in [0.4, 0.5) is 0 Å². The maximum absolute atomic E-state index is 11.1. The number of carbonyl (C=O) groups is 1. The van der Waals surface area contributed by atoms with Crippen molar-refractivity contribution >= 4 is 5.97 Å². The summed E-state index contributed by atoms with van der Waals surface area (Å²) in [5, 5.41) is 9.43. The van der Waals surface area contributed by atoms with Gasteiger partial charge in [0.1, 0.15) is 0 Å². The van der Waals surface area contributed by atoms with E-state index in [2.05, 4.69) is 9.64 Å². The van der Waals surface area contributed by atoms with Gasteiger partial charge in [0, 0.05) is 12.6 Å². The number of ether oxygens (including phenoxy) is 1. The van der Waals surface area contributed by atoms with Crippen molar-refractivity contribution in [3.05, 3.63) is 0 Å². The first-order valence-corrected chi connectivity index (χ1v) is 6.12. The molecule has 1 aliphatic heterocycles. The van der Waals surface area contributed by atoms with Gasteiger partial charge in [-0.05, 0) is 32.7 Å².